The van der Waals surface area contributed by atoms with E-state index in [-0.39, 0.29) is 5.13 Å². The summed E-state index contributed by atoms with van der Waals surface area (Å²) in [5, 5.41) is 3.25. The molecule has 3 heteroatoms. The molecule has 0 spiro atoms. The molecule has 1 atom stereocenters. The lowest BCUT2D eigenvalue weighted by molar-refractivity contribution is 0.655. The molecule has 1 aromatic rings. The maximum atomic E-state index is 12.6. The molecule has 1 nitrogen and oxygen atoms in total. The monoisotopic (exact) mass is 171 g/mol. The fraction of sp³-hybridized carbons (Fsp3) is 0.500. The van der Waals surface area contributed by atoms with Crippen molar-refractivity contribution in [2.45, 2.75) is 18.9 Å². The van der Waals surface area contributed by atoms with Gasteiger partial charge >= 0.3 is 0 Å². The second kappa shape index (κ2) is 2.91. The zero-order valence-electron chi connectivity index (χ0n) is 6.14. The third kappa shape index (κ3) is 1.44. The average molecular weight is 171 g/mol. The van der Waals surface area contributed by atoms with Gasteiger partial charge in [0.25, 0.3) is 0 Å². The maximum absolute atomic E-state index is 12.6. The number of nitrogens with one attached hydrogen (secondary N) is 1. The first-order valence-corrected chi connectivity index (χ1v) is 4.66. The quantitative estimate of drug-likeness (QED) is 0.683. The van der Waals surface area contributed by atoms with Gasteiger partial charge in [-0.05, 0) is 31.5 Å². The molecule has 0 bridgehead atoms. The highest BCUT2D eigenvalue weighted by Crippen LogP contribution is 2.28. The smallest absolute Gasteiger partial charge is 0.176 e. The van der Waals surface area contributed by atoms with Crippen LogP contribution in [0.2, 0.25) is 0 Å². The highest BCUT2D eigenvalue weighted by atomic mass is 32.1. The van der Waals surface area contributed by atoms with Crippen molar-refractivity contribution in [2.75, 3.05) is 6.54 Å². The van der Waals surface area contributed by atoms with Crippen molar-refractivity contribution >= 4 is 11.3 Å². The Kier molecular flexibility index (Phi) is 1.92. The molecular weight excluding hydrogens is 161 g/mol. The summed E-state index contributed by atoms with van der Waals surface area (Å²) in [7, 11) is 0. The lowest BCUT2D eigenvalue weighted by Crippen LogP contribution is -2.11. The van der Waals surface area contributed by atoms with Crippen LogP contribution in [0.4, 0.5) is 4.39 Å². The predicted octanol–water partition coefficient (Wildman–Crippen LogP) is 2.31. The number of hydrogen-bond acceptors (Lipinski definition) is 2. The molecule has 1 aromatic heterocycles. The van der Waals surface area contributed by atoms with Crippen LogP contribution in [0.1, 0.15) is 23.8 Å². The lowest BCUT2D eigenvalue weighted by Gasteiger charge is -2.04. The van der Waals surface area contributed by atoms with Gasteiger partial charge in [-0.1, -0.05) is 0 Å². The van der Waals surface area contributed by atoms with Crippen LogP contribution in [0.3, 0.4) is 0 Å². The first kappa shape index (κ1) is 7.25. The number of rotatable bonds is 1. The molecule has 0 radical (unpaired) electrons. The van der Waals surface area contributed by atoms with Crippen LogP contribution < -0.4 is 5.32 Å². The van der Waals surface area contributed by atoms with Gasteiger partial charge in [0.05, 0.1) is 0 Å². The summed E-state index contributed by atoms with van der Waals surface area (Å²) in [6.07, 6.45) is 2.37. The van der Waals surface area contributed by atoms with Crippen molar-refractivity contribution in [3.63, 3.8) is 0 Å². The molecule has 60 valence electrons. The standard InChI is InChI=1S/C8H10FNS/c9-8-4-3-7(11-8)6-2-1-5-10-6/h3-4,6,10H,1-2,5H2/t6-/m1/s1. The summed E-state index contributed by atoms with van der Waals surface area (Å²) in [6.45, 7) is 1.07. The Morgan fingerprint density at radius 2 is 2.45 bits per heavy atom. The van der Waals surface area contributed by atoms with E-state index in [9.17, 15) is 4.39 Å². The van der Waals surface area contributed by atoms with Gasteiger partial charge in [0, 0.05) is 10.9 Å². The van der Waals surface area contributed by atoms with Gasteiger partial charge in [0.2, 0.25) is 0 Å². The van der Waals surface area contributed by atoms with Crippen molar-refractivity contribution in [3.05, 3.63) is 22.1 Å². The minimum absolute atomic E-state index is 0.0753. The third-order valence-corrected chi connectivity index (χ3v) is 2.99. The summed E-state index contributed by atoms with van der Waals surface area (Å²) in [4.78, 5) is 1.14. The van der Waals surface area contributed by atoms with Gasteiger partial charge in [-0.3, -0.25) is 0 Å². The van der Waals surface area contributed by atoms with E-state index in [1.54, 1.807) is 6.07 Å². The molecule has 2 heterocycles. The molecular formula is C8H10FNS. The maximum Gasteiger partial charge on any atom is 0.176 e. The van der Waals surface area contributed by atoms with Crippen molar-refractivity contribution in [2.24, 2.45) is 0 Å². The summed E-state index contributed by atoms with van der Waals surface area (Å²) < 4.78 is 12.6. The van der Waals surface area contributed by atoms with E-state index < -0.39 is 0 Å². The fourth-order valence-electron chi connectivity index (χ4n) is 1.44. The second-order valence-electron chi connectivity index (χ2n) is 2.79. The molecule has 0 unspecified atom stereocenters. The van der Waals surface area contributed by atoms with Gasteiger partial charge in [-0.25, -0.2) is 0 Å². The molecule has 1 N–H and O–H groups in total. The predicted molar refractivity (Wildman–Crippen MR) is 44.3 cm³/mol. The first-order chi connectivity index (χ1) is 5.36. The van der Waals surface area contributed by atoms with Crippen LogP contribution in [0.5, 0.6) is 0 Å². The number of halogens is 1. The van der Waals surface area contributed by atoms with Crippen LogP contribution >= 0.6 is 11.3 Å². The molecule has 1 saturated heterocycles. The molecule has 2 rings (SSSR count). The van der Waals surface area contributed by atoms with Gasteiger partial charge in [0.15, 0.2) is 5.13 Å². The van der Waals surface area contributed by atoms with E-state index in [1.807, 2.05) is 6.07 Å². The molecule has 1 aliphatic heterocycles. The summed E-state index contributed by atoms with van der Waals surface area (Å²) >= 11 is 1.26. The number of thiophene rings is 1. The van der Waals surface area contributed by atoms with Crippen molar-refractivity contribution in [1.82, 2.24) is 5.32 Å². The minimum atomic E-state index is -0.0753. The zero-order valence-corrected chi connectivity index (χ0v) is 6.96. The largest absolute Gasteiger partial charge is 0.309 e. The summed E-state index contributed by atoms with van der Waals surface area (Å²) in [6, 6.07) is 3.84. The zero-order chi connectivity index (χ0) is 7.68. The lowest BCUT2D eigenvalue weighted by atomic mass is 10.2. The SMILES string of the molecule is Fc1ccc([C@H]2CCCN2)s1. The minimum Gasteiger partial charge on any atom is -0.309 e. The van der Waals surface area contributed by atoms with Crippen LogP contribution in [0.15, 0.2) is 12.1 Å². The molecule has 0 saturated carbocycles. The Labute approximate surface area is 69.2 Å². The van der Waals surface area contributed by atoms with E-state index in [0.29, 0.717) is 6.04 Å². The van der Waals surface area contributed by atoms with Gasteiger partial charge in [0.1, 0.15) is 0 Å². The average Bonchev–Trinajstić information content (AvgIpc) is 2.55. The van der Waals surface area contributed by atoms with E-state index in [2.05, 4.69) is 5.32 Å². The van der Waals surface area contributed by atoms with E-state index in [0.717, 1.165) is 17.8 Å². The Balaban J connectivity index is 2.15. The van der Waals surface area contributed by atoms with Crippen LogP contribution in [-0.4, -0.2) is 6.54 Å². The van der Waals surface area contributed by atoms with Gasteiger partial charge < -0.3 is 5.32 Å². The third-order valence-electron chi connectivity index (χ3n) is 2.00. The summed E-state index contributed by atoms with van der Waals surface area (Å²) in [5.74, 6) is 0. The highest BCUT2D eigenvalue weighted by molar-refractivity contribution is 7.10. The molecule has 0 amide bonds. The molecule has 11 heavy (non-hydrogen) atoms. The normalized spacial score (nSPS) is 24.3. The van der Waals surface area contributed by atoms with Crippen molar-refractivity contribution in [1.29, 1.82) is 0 Å². The first-order valence-electron chi connectivity index (χ1n) is 3.85. The van der Waals surface area contributed by atoms with Crippen molar-refractivity contribution < 1.29 is 4.39 Å². The molecule has 1 fully saturated rings. The van der Waals surface area contributed by atoms with Gasteiger partial charge in [-0.2, -0.15) is 4.39 Å². The Hall–Kier alpha value is -0.410. The molecule has 1 aliphatic rings. The van der Waals surface area contributed by atoms with Gasteiger partial charge in [-0.15, -0.1) is 11.3 Å². The van der Waals surface area contributed by atoms with E-state index in [4.69, 9.17) is 0 Å². The second-order valence-corrected chi connectivity index (χ2v) is 3.86. The van der Waals surface area contributed by atoms with Crippen molar-refractivity contribution in [3.8, 4) is 0 Å². The summed E-state index contributed by atoms with van der Waals surface area (Å²) in [5.41, 5.74) is 0. The molecule has 0 aliphatic carbocycles. The highest BCUT2D eigenvalue weighted by Gasteiger charge is 2.17. The van der Waals surface area contributed by atoms with Crippen LogP contribution in [-0.2, 0) is 0 Å². The fourth-order valence-corrected chi connectivity index (χ4v) is 2.28. The Bertz CT molecular complexity index is 240. The van der Waals surface area contributed by atoms with Crippen LogP contribution in [0.25, 0.3) is 0 Å². The Morgan fingerprint density at radius 1 is 1.55 bits per heavy atom. The molecule has 0 aromatic carbocycles. The Morgan fingerprint density at radius 3 is 3.00 bits per heavy atom. The van der Waals surface area contributed by atoms with E-state index in [1.165, 1.54) is 17.8 Å². The van der Waals surface area contributed by atoms with Crippen LogP contribution in [0, 0.1) is 5.13 Å². The topological polar surface area (TPSA) is 12.0 Å². The number of hydrogen-bond donors (Lipinski definition) is 1. The van der Waals surface area contributed by atoms with E-state index >= 15 is 0 Å².